The zero-order valence-electron chi connectivity index (χ0n) is 56.3. The molecule has 0 radical (unpaired) electrons. The highest BCUT2D eigenvalue weighted by Gasteiger charge is 2.73. The number of carbonyl (C=O) groups excluding carboxylic acids is 2. The zero-order valence-corrected chi connectivity index (χ0v) is 56.3. The van der Waals surface area contributed by atoms with Gasteiger partial charge in [0.1, 0.15) is 115 Å². The molecule has 4 saturated heterocycles. The number of allylic oxidation sites excluding steroid dienone is 2. The Labute approximate surface area is 565 Å². The number of aldehydes is 1. The van der Waals surface area contributed by atoms with Crippen LogP contribution in [-0.4, -0.2) is 323 Å². The number of aliphatic carboxylic acids is 1. The molecule has 0 spiro atoms. The highest BCUT2D eigenvalue weighted by molar-refractivity contribution is 5.80. The summed E-state index contributed by atoms with van der Waals surface area (Å²) in [6.45, 7) is 8.53. The Balaban J connectivity index is 0.935. The van der Waals surface area contributed by atoms with Gasteiger partial charge in [0, 0.05) is 14.2 Å². The van der Waals surface area contributed by atoms with Crippen LogP contribution < -0.4 is 0 Å². The summed E-state index contributed by atoms with van der Waals surface area (Å²) in [6, 6.07) is 0. The number of hydrogen-bond acceptors (Lipinski definition) is 33. The molecule has 4 heterocycles. The molecule has 98 heavy (non-hydrogen) atoms. The van der Waals surface area contributed by atoms with Crippen molar-refractivity contribution in [2.45, 2.75) is 279 Å². The molecule has 34 heteroatoms. The second kappa shape index (κ2) is 30.7. The number of esters is 1. The van der Waals surface area contributed by atoms with Crippen LogP contribution >= 0.6 is 0 Å². The first kappa shape index (κ1) is 79.3. The maximum atomic E-state index is 15.1. The summed E-state index contributed by atoms with van der Waals surface area (Å²) in [5, 5.41) is 197. The van der Waals surface area contributed by atoms with Crippen LogP contribution in [0.1, 0.15) is 106 Å². The largest absolute Gasteiger partial charge is 0.479 e. The Hall–Kier alpha value is -2.81. The number of aliphatic hydroxyl groups excluding tert-OH is 17. The Morgan fingerprint density at radius 2 is 1.23 bits per heavy atom. The molecule has 9 rings (SSSR count). The van der Waals surface area contributed by atoms with Gasteiger partial charge >= 0.3 is 18.4 Å². The van der Waals surface area contributed by atoms with Gasteiger partial charge in [0.15, 0.2) is 43.8 Å². The van der Waals surface area contributed by atoms with E-state index in [0.717, 1.165) is 19.8 Å². The Morgan fingerprint density at radius 1 is 0.643 bits per heavy atom. The summed E-state index contributed by atoms with van der Waals surface area (Å²) < 4.78 is 73.5. The van der Waals surface area contributed by atoms with E-state index in [1.54, 1.807) is 6.92 Å². The SMILES string of the molecule is COC(CO)C(O)C(O)C(O)OC(OC1CCC2(C)C(CCC3(C)C2CC=C2C4CC(C)(C)CCC4(C(=O)OC(O)OC4OC(C)C(OC5OCC(O)C(OC6OCC(O)C(O)C6O)C5O)C(O)C4O)C(O)CC23C)C1(C)C=O)C(OC1OCC(O)C(O)C1O)C(O)C(OC)C(=O)O. The van der Waals surface area contributed by atoms with E-state index in [1.165, 1.54) is 6.92 Å². The summed E-state index contributed by atoms with van der Waals surface area (Å²) >= 11 is 0. The van der Waals surface area contributed by atoms with Crippen molar-refractivity contribution in [2.24, 2.45) is 50.2 Å². The number of carboxylic acids is 1. The van der Waals surface area contributed by atoms with Crippen LogP contribution in [0.3, 0.4) is 0 Å². The zero-order chi connectivity index (χ0) is 72.4. The van der Waals surface area contributed by atoms with E-state index in [9.17, 15) is 102 Å². The lowest BCUT2D eigenvalue weighted by molar-refractivity contribution is -0.386. The minimum absolute atomic E-state index is 0.0172. The summed E-state index contributed by atoms with van der Waals surface area (Å²) in [4.78, 5) is 41.9. The van der Waals surface area contributed by atoms with E-state index >= 15 is 4.79 Å². The Kier molecular flexibility index (Phi) is 24.9. The Morgan fingerprint density at radius 3 is 1.84 bits per heavy atom. The second-order valence-corrected chi connectivity index (χ2v) is 30.0. The van der Waals surface area contributed by atoms with Gasteiger partial charge in [0.2, 0.25) is 0 Å². The van der Waals surface area contributed by atoms with Crippen molar-refractivity contribution in [3.8, 4) is 0 Å². The van der Waals surface area contributed by atoms with Gasteiger partial charge in [0.05, 0.1) is 50.2 Å². The maximum absolute atomic E-state index is 15.1. The van der Waals surface area contributed by atoms with E-state index in [0.29, 0.717) is 44.8 Å². The van der Waals surface area contributed by atoms with Crippen molar-refractivity contribution in [1.29, 1.82) is 0 Å². The molecule has 34 nitrogen and oxygen atoms in total. The van der Waals surface area contributed by atoms with Gasteiger partial charge in [0.25, 0.3) is 0 Å². The molecule has 18 N–H and O–H groups in total. The van der Waals surface area contributed by atoms with Crippen LogP contribution in [0.5, 0.6) is 0 Å². The van der Waals surface area contributed by atoms with Crippen molar-refractivity contribution in [3.63, 3.8) is 0 Å². The number of methoxy groups -OCH3 is 2. The molecule has 36 unspecified atom stereocenters. The van der Waals surface area contributed by atoms with Gasteiger partial charge < -0.3 is 154 Å². The number of carbonyl (C=O) groups is 3. The maximum Gasteiger partial charge on any atom is 0.335 e. The molecule has 5 aliphatic carbocycles. The number of aliphatic hydroxyl groups is 17. The highest BCUT2D eigenvalue weighted by Crippen LogP contribution is 2.76. The highest BCUT2D eigenvalue weighted by atomic mass is 16.9. The van der Waals surface area contributed by atoms with Gasteiger partial charge in [-0.1, -0.05) is 53.2 Å². The smallest absolute Gasteiger partial charge is 0.335 e. The fraction of sp³-hybridized carbons (Fsp3) is 0.922. The molecular formula is C64H104O34. The number of carboxylic acid groups (broad SMARTS) is 1. The molecule has 564 valence electrons. The first-order valence-corrected chi connectivity index (χ1v) is 33.5. The lowest BCUT2D eigenvalue weighted by atomic mass is 9.33. The fourth-order valence-electron chi connectivity index (χ4n) is 17.9. The topological polar surface area (TPSA) is 535 Å². The molecule has 36 atom stereocenters. The van der Waals surface area contributed by atoms with Crippen LogP contribution in [0, 0.1) is 50.2 Å². The van der Waals surface area contributed by atoms with Crippen molar-refractivity contribution in [2.75, 3.05) is 40.6 Å². The quantitative estimate of drug-likeness (QED) is 0.0176. The van der Waals surface area contributed by atoms with E-state index in [4.69, 9.17) is 61.6 Å². The predicted molar refractivity (Wildman–Crippen MR) is 322 cm³/mol. The third-order valence-electron chi connectivity index (χ3n) is 23.9. The van der Waals surface area contributed by atoms with Gasteiger partial charge in [-0.05, 0) is 104 Å². The second-order valence-electron chi connectivity index (χ2n) is 30.0. The molecule has 0 aromatic heterocycles. The summed E-state index contributed by atoms with van der Waals surface area (Å²) in [7, 11) is 2.03. The van der Waals surface area contributed by atoms with Gasteiger partial charge in [-0.3, -0.25) is 9.53 Å². The average molecular weight is 1420 g/mol. The molecule has 0 amide bonds. The van der Waals surface area contributed by atoms with Crippen LogP contribution in [-0.2, 0) is 76.0 Å². The molecule has 4 aliphatic heterocycles. The van der Waals surface area contributed by atoms with E-state index in [-0.39, 0.29) is 25.2 Å². The Bertz CT molecular complexity index is 2730. The first-order chi connectivity index (χ1) is 45.9. The molecule has 9 aliphatic rings. The molecule has 0 aromatic rings. The van der Waals surface area contributed by atoms with Crippen molar-refractivity contribution in [1.82, 2.24) is 0 Å². The lowest BCUT2D eigenvalue weighted by Gasteiger charge is -2.71. The van der Waals surface area contributed by atoms with Crippen molar-refractivity contribution in [3.05, 3.63) is 11.6 Å². The van der Waals surface area contributed by atoms with E-state index < -0.39 is 255 Å². The van der Waals surface area contributed by atoms with Crippen molar-refractivity contribution < 1.29 is 168 Å². The average Bonchev–Trinajstić information content (AvgIpc) is 0.672. The number of hydrogen-bond donors (Lipinski definition) is 18. The van der Waals surface area contributed by atoms with Gasteiger partial charge in [-0.25, -0.2) is 4.79 Å². The minimum Gasteiger partial charge on any atom is -0.479 e. The van der Waals surface area contributed by atoms with Gasteiger partial charge in [-0.2, -0.15) is 0 Å². The van der Waals surface area contributed by atoms with Crippen LogP contribution in [0.15, 0.2) is 11.6 Å². The summed E-state index contributed by atoms with van der Waals surface area (Å²) in [6.07, 6.45) is -44.0. The van der Waals surface area contributed by atoms with Crippen LogP contribution in [0.25, 0.3) is 0 Å². The normalized spacial score (nSPS) is 46.9. The number of fused-ring (bicyclic) bond motifs is 7. The predicted octanol–water partition coefficient (Wildman–Crippen LogP) is -5.41. The molecule has 4 saturated carbocycles. The third kappa shape index (κ3) is 14.4. The first-order valence-electron chi connectivity index (χ1n) is 33.5. The molecule has 0 aromatic carbocycles. The lowest BCUT2D eigenvalue weighted by Crippen LogP contribution is -2.68. The van der Waals surface area contributed by atoms with Crippen LogP contribution in [0.2, 0.25) is 0 Å². The summed E-state index contributed by atoms with van der Waals surface area (Å²) in [5.41, 5.74) is -4.94. The molecule has 0 bridgehead atoms. The third-order valence-corrected chi connectivity index (χ3v) is 23.9. The van der Waals surface area contributed by atoms with E-state index in [1.807, 2.05) is 13.8 Å². The summed E-state index contributed by atoms with van der Waals surface area (Å²) in [5.74, 6) is -4.24. The fourth-order valence-corrected chi connectivity index (χ4v) is 17.9. The molecular weight excluding hydrogens is 1310 g/mol. The monoisotopic (exact) mass is 1420 g/mol. The number of rotatable bonds is 25. The number of ether oxygens (including phenoxy) is 13. The standard InChI is InChI=1S/C64H104O34/c1-25-46(93-54-45(80)47(30(69)23-90-54)94-52-41(76)36(71)28(67)21-88-52)39(74)43(78)55(91-25)97-58(85)98-57(84)64-17-16-59(2,3)18-27(64)26-10-11-33-60(4)14-13-35(61(5,24-66)32(60)12-15-62(33,6)63(26,7)19-34(64)70)92-56(96-51(83)40(75)38(73)31(20-65)86-8)49(44(79)48(87-9)50(81)82)95-53-42(77)37(72)29(68)22-89-53/h10,24-25,27-49,51-56,58,65,67-80,83,85H,11-23H2,1-9H3,(H,81,82). The van der Waals surface area contributed by atoms with E-state index in [2.05, 4.69) is 26.8 Å². The molecule has 8 fully saturated rings. The minimum atomic E-state index is -2.53. The van der Waals surface area contributed by atoms with Crippen LogP contribution in [0.4, 0.5) is 0 Å². The van der Waals surface area contributed by atoms with Crippen molar-refractivity contribution >= 4 is 18.2 Å². The van der Waals surface area contributed by atoms with Gasteiger partial charge in [-0.15, -0.1) is 0 Å².